The van der Waals surface area contributed by atoms with Crippen LogP contribution in [0.1, 0.15) is 43.6 Å². The van der Waals surface area contributed by atoms with Gasteiger partial charge in [0, 0.05) is 24.3 Å². The van der Waals surface area contributed by atoms with Crippen molar-refractivity contribution in [1.82, 2.24) is 15.1 Å². The molecule has 0 aromatic carbocycles. The molecule has 1 unspecified atom stereocenters. The van der Waals surface area contributed by atoms with E-state index < -0.39 is 0 Å². The average molecular weight is 223 g/mol. The lowest BCUT2D eigenvalue weighted by Gasteiger charge is -2.11. The minimum atomic E-state index is 0.713. The van der Waals surface area contributed by atoms with Crippen LogP contribution in [-0.2, 0) is 13.1 Å². The Hall–Kier alpha value is -0.830. The summed E-state index contributed by atoms with van der Waals surface area (Å²) in [5, 5.41) is 7.83. The van der Waals surface area contributed by atoms with Crippen LogP contribution in [0.2, 0.25) is 0 Å². The van der Waals surface area contributed by atoms with E-state index >= 15 is 0 Å². The highest BCUT2D eigenvalue weighted by Gasteiger charge is 2.12. The van der Waals surface area contributed by atoms with Gasteiger partial charge in [0.25, 0.3) is 0 Å². The van der Waals surface area contributed by atoms with Crippen molar-refractivity contribution in [3.05, 3.63) is 17.0 Å². The standard InChI is InChI=1S/C13H25N3/c1-6-7-10(2)9-16-12(4)13(8-14-5)11(3)15-16/h10,14H,6-9H2,1-5H3. The minimum Gasteiger partial charge on any atom is -0.316 e. The third-order valence-corrected chi connectivity index (χ3v) is 3.15. The van der Waals surface area contributed by atoms with Crippen molar-refractivity contribution >= 4 is 0 Å². The maximum absolute atomic E-state index is 4.63. The first-order valence-corrected chi connectivity index (χ1v) is 6.27. The number of aromatic nitrogens is 2. The molecule has 1 aromatic rings. The first-order valence-electron chi connectivity index (χ1n) is 6.27. The lowest BCUT2D eigenvalue weighted by molar-refractivity contribution is 0.413. The van der Waals surface area contributed by atoms with Gasteiger partial charge in [0.2, 0.25) is 0 Å². The maximum atomic E-state index is 4.63. The van der Waals surface area contributed by atoms with Crippen molar-refractivity contribution in [2.45, 2.75) is 53.6 Å². The first-order chi connectivity index (χ1) is 7.60. The van der Waals surface area contributed by atoms with E-state index in [9.17, 15) is 0 Å². The van der Waals surface area contributed by atoms with Crippen LogP contribution in [0.3, 0.4) is 0 Å². The van der Waals surface area contributed by atoms with Crippen LogP contribution >= 0.6 is 0 Å². The van der Waals surface area contributed by atoms with Crippen molar-refractivity contribution in [2.24, 2.45) is 5.92 Å². The molecule has 1 atom stereocenters. The lowest BCUT2D eigenvalue weighted by atomic mass is 10.1. The van der Waals surface area contributed by atoms with Crippen LogP contribution in [0, 0.1) is 19.8 Å². The molecule has 0 amide bonds. The van der Waals surface area contributed by atoms with Gasteiger partial charge in [0.05, 0.1) is 5.69 Å². The van der Waals surface area contributed by atoms with E-state index in [4.69, 9.17) is 0 Å². The number of hydrogen-bond acceptors (Lipinski definition) is 2. The molecule has 1 N–H and O–H groups in total. The Kier molecular flexibility index (Phi) is 5.00. The SMILES string of the molecule is CCCC(C)Cn1nc(C)c(CNC)c1C. The molecule has 1 heterocycles. The highest BCUT2D eigenvalue weighted by molar-refractivity contribution is 5.24. The average Bonchev–Trinajstić information content (AvgIpc) is 2.47. The zero-order valence-electron chi connectivity index (χ0n) is 11.3. The molecule has 0 fully saturated rings. The summed E-state index contributed by atoms with van der Waals surface area (Å²) in [6, 6.07) is 0. The fourth-order valence-electron chi connectivity index (χ4n) is 2.22. The Morgan fingerprint density at radius 1 is 1.38 bits per heavy atom. The van der Waals surface area contributed by atoms with Gasteiger partial charge in [-0.2, -0.15) is 5.10 Å². The van der Waals surface area contributed by atoms with Crippen molar-refractivity contribution < 1.29 is 0 Å². The normalized spacial score (nSPS) is 13.1. The number of hydrogen-bond donors (Lipinski definition) is 1. The van der Waals surface area contributed by atoms with Gasteiger partial charge in [-0.05, 0) is 33.2 Å². The summed E-state index contributed by atoms with van der Waals surface area (Å²) in [6.07, 6.45) is 2.53. The van der Waals surface area contributed by atoms with Crippen LogP contribution in [0.25, 0.3) is 0 Å². The Labute approximate surface area is 99.2 Å². The van der Waals surface area contributed by atoms with Gasteiger partial charge in [0.15, 0.2) is 0 Å². The Morgan fingerprint density at radius 2 is 2.06 bits per heavy atom. The van der Waals surface area contributed by atoms with E-state index in [1.54, 1.807) is 0 Å². The second kappa shape index (κ2) is 6.04. The van der Waals surface area contributed by atoms with Gasteiger partial charge in [-0.3, -0.25) is 4.68 Å². The molecule has 16 heavy (non-hydrogen) atoms. The van der Waals surface area contributed by atoms with Crippen molar-refractivity contribution in [1.29, 1.82) is 0 Å². The predicted molar refractivity (Wildman–Crippen MR) is 68.5 cm³/mol. The summed E-state index contributed by atoms with van der Waals surface area (Å²) in [5.41, 5.74) is 3.83. The van der Waals surface area contributed by atoms with Crippen LogP contribution in [-0.4, -0.2) is 16.8 Å². The summed E-state index contributed by atoms with van der Waals surface area (Å²) < 4.78 is 2.17. The van der Waals surface area contributed by atoms with E-state index in [0.717, 1.165) is 18.8 Å². The van der Waals surface area contributed by atoms with E-state index in [-0.39, 0.29) is 0 Å². The largest absolute Gasteiger partial charge is 0.316 e. The smallest absolute Gasteiger partial charge is 0.0641 e. The molecular formula is C13H25N3. The lowest BCUT2D eigenvalue weighted by Crippen LogP contribution is -2.11. The number of nitrogens with one attached hydrogen (secondary N) is 1. The fourth-order valence-corrected chi connectivity index (χ4v) is 2.22. The minimum absolute atomic E-state index is 0.713. The summed E-state index contributed by atoms with van der Waals surface area (Å²) in [5.74, 6) is 0.713. The molecule has 0 spiro atoms. The van der Waals surface area contributed by atoms with Gasteiger partial charge in [0.1, 0.15) is 0 Å². The van der Waals surface area contributed by atoms with E-state index in [1.165, 1.54) is 24.1 Å². The molecule has 0 aliphatic heterocycles. The molecular weight excluding hydrogens is 198 g/mol. The molecule has 0 aliphatic rings. The topological polar surface area (TPSA) is 29.9 Å². The van der Waals surface area contributed by atoms with Gasteiger partial charge < -0.3 is 5.32 Å². The zero-order chi connectivity index (χ0) is 12.1. The Morgan fingerprint density at radius 3 is 2.62 bits per heavy atom. The Balaban J connectivity index is 2.77. The van der Waals surface area contributed by atoms with Crippen LogP contribution in [0.15, 0.2) is 0 Å². The molecule has 0 saturated heterocycles. The van der Waals surface area contributed by atoms with Gasteiger partial charge in [-0.1, -0.05) is 20.3 Å². The molecule has 0 saturated carbocycles. The molecule has 92 valence electrons. The fraction of sp³-hybridized carbons (Fsp3) is 0.769. The maximum Gasteiger partial charge on any atom is 0.0641 e. The van der Waals surface area contributed by atoms with Crippen LogP contribution in [0.5, 0.6) is 0 Å². The molecule has 0 bridgehead atoms. The molecule has 3 heteroatoms. The molecule has 0 radical (unpaired) electrons. The third-order valence-electron chi connectivity index (χ3n) is 3.15. The van der Waals surface area contributed by atoms with Crippen molar-refractivity contribution in [2.75, 3.05) is 7.05 Å². The molecule has 0 aliphatic carbocycles. The summed E-state index contributed by atoms with van der Waals surface area (Å²) in [7, 11) is 1.98. The van der Waals surface area contributed by atoms with Gasteiger partial charge >= 0.3 is 0 Å². The Bertz CT molecular complexity index is 328. The second-order valence-corrected chi connectivity index (χ2v) is 4.76. The highest BCUT2D eigenvalue weighted by atomic mass is 15.3. The highest BCUT2D eigenvalue weighted by Crippen LogP contribution is 2.16. The second-order valence-electron chi connectivity index (χ2n) is 4.76. The quantitative estimate of drug-likeness (QED) is 0.803. The number of rotatable bonds is 6. The third kappa shape index (κ3) is 3.08. The summed E-state index contributed by atoms with van der Waals surface area (Å²) >= 11 is 0. The van der Waals surface area contributed by atoms with E-state index in [2.05, 4.69) is 42.8 Å². The monoisotopic (exact) mass is 223 g/mol. The van der Waals surface area contributed by atoms with Crippen molar-refractivity contribution in [3.8, 4) is 0 Å². The van der Waals surface area contributed by atoms with Crippen molar-refractivity contribution in [3.63, 3.8) is 0 Å². The van der Waals surface area contributed by atoms with E-state index in [1.807, 2.05) is 7.05 Å². The molecule has 1 rings (SSSR count). The molecule has 1 aromatic heterocycles. The van der Waals surface area contributed by atoms with Gasteiger partial charge in [-0.15, -0.1) is 0 Å². The zero-order valence-corrected chi connectivity index (χ0v) is 11.3. The first kappa shape index (κ1) is 13.2. The summed E-state index contributed by atoms with van der Waals surface area (Å²) in [6.45, 7) is 10.8. The van der Waals surface area contributed by atoms with Crippen LogP contribution < -0.4 is 5.32 Å². The summed E-state index contributed by atoms with van der Waals surface area (Å²) in [4.78, 5) is 0. The van der Waals surface area contributed by atoms with Gasteiger partial charge in [-0.25, -0.2) is 0 Å². The number of nitrogens with zero attached hydrogens (tertiary/aromatic N) is 2. The number of aryl methyl sites for hydroxylation is 1. The predicted octanol–water partition coefficient (Wildman–Crippen LogP) is 2.66. The molecule has 3 nitrogen and oxygen atoms in total. The van der Waals surface area contributed by atoms with E-state index in [0.29, 0.717) is 5.92 Å². The van der Waals surface area contributed by atoms with Crippen LogP contribution in [0.4, 0.5) is 0 Å².